The Morgan fingerprint density at radius 1 is 1.03 bits per heavy atom. The van der Waals surface area contributed by atoms with Gasteiger partial charge in [0, 0.05) is 30.7 Å². The zero-order valence-electron chi connectivity index (χ0n) is 22.2. The number of anilines is 1. The van der Waals surface area contributed by atoms with Crippen LogP contribution in [0.5, 0.6) is 0 Å². The fourth-order valence-corrected chi connectivity index (χ4v) is 6.67. The number of amides is 4. The summed E-state index contributed by atoms with van der Waals surface area (Å²) in [5, 5.41) is 9.11. The average Bonchev–Trinajstić information content (AvgIpc) is 2.76. The molecule has 4 aliphatic carbocycles. The van der Waals surface area contributed by atoms with Crippen molar-refractivity contribution in [1.29, 1.82) is 0 Å². The van der Waals surface area contributed by atoms with Gasteiger partial charge in [-0.05, 0) is 95.6 Å². The maximum atomic E-state index is 12.6. The number of rotatable bonds is 8. The van der Waals surface area contributed by atoms with Crippen LogP contribution in [0, 0.1) is 17.8 Å². The van der Waals surface area contributed by atoms with E-state index in [0.717, 1.165) is 42.6 Å². The molecular formula is C28H42N4O4. The van der Waals surface area contributed by atoms with E-state index in [2.05, 4.69) is 16.0 Å². The molecule has 4 aliphatic rings. The molecule has 0 aromatic heterocycles. The molecule has 0 radical (unpaired) electrons. The second-order valence-corrected chi connectivity index (χ2v) is 12.0. The maximum absolute atomic E-state index is 12.6. The van der Waals surface area contributed by atoms with Crippen molar-refractivity contribution >= 4 is 23.7 Å². The lowest BCUT2D eigenvalue weighted by Gasteiger charge is -2.56. The third-order valence-electron chi connectivity index (χ3n) is 7.74. The predicted molar refractivity (Wildman–Crippen MR) is 139 cm³/mol. The third-order valence-corrected chi connectivity index (χ3v) is 7.74. The molecule has 0 spiro atoms. The highest BCUT2D eigenvalue weighted by molar-refractivity contribution is 5.92. The number of urea groups is 1. The summed E-state index contributed by atoms with van der Waals surface area (Å²) in [6.07, 6.45) is 7.08. The molecule has 5 rings (SSSR count). The van der Waals surface area contributed by atoms with E-state index in [4.69, 9.17) is 4.74 Å². The van der Waals surface area contributed by atoms with Gasteiger partial charge in [-0.2, -0.15) is 0 Å². The highest BCUT2D eigenvalue weighted by atomic mass is 16.6. The summed E-state index contributed by atoms with van der Waals surface area (Å²) in [5.41, 5.74) is 0.862. The van der Waals surface area contributed by atoms with Crippen LogP contribution in [0.2, 0.25) is 0 Å². The largest absolute Gasteiger partial charge is 0.444 e. The normalized spacial score (nSPS) is 26.3. The Bertz CT molecular complexity index is 935. The van der Waals surface area contributed by atoms with Crippen molar-refractivity contribution in [3.05, 3.63) is 29.8 Å². The summed E-state index contributed by atoms with van der Waals surface area (Å²) in [7, 11) is 0. The highest BCUT2D eigenvalue weighted by Crippen LogP contribution is 2.55. The van der Waals surface area contributed by atoms with Crippen molar-refractivity contribution in [2.75, 3.05) is 18.4 Å². The number of ether oxygens (including phenoxy) is 1. The summed E-state index contributed by atoms with van der Waals surface area (Å²) in [6.45, 7) is 8.49. The topological polar surface area (TPSA) is 99.8 Å². The first kappa shape index (κ1) is 26.3. The van der Waals surface area contributed by atoms with Crippen molar-refractivity contribution in [2.45, 2.75) is 90.3 Å². The van der Waals surface area contributed by atoms with Crippen molar-refractivity contribution < 1.29 is 19.1 Å². The van der Waals surface area contributed by atoms with E-state index >= 15 is 0 Å². The second-order valence-electron chi connectivity index (χ2n) is 12.0. The summed E-state index contributed by atoms with van der Waals surface area (Å²) in [6, 6.07) is 7.27. The Balaban J connectivity index is 1.25. The molecule has 8 nitrogen and oxygen atoms in total. The molecule has 4 amide bonds. The lowest BCUT2D eigenvalue weighted by atomic mass is 9.53. The molecule has 36 heavy (non-hydrogen) atoms. The molecule has 0 aliphatic heterocycles. The highest BCUT2D eigenvalue weighted by Gasteiger charge is 2.51. The molecule has 198 valence electrons. The fraction of sp³-hybridized carbons (Fsp3) is 0.679. The van der Waals surface area contributed by atoms with Gasteiger partial charge in [-0.1, -0.05) is 18.2 Å². The Hall–Kier alpha value is -2.77. The van der Waals surface area contributed by atoms with E-state index < -0.39 is 5.60 Å². The second kappa shape index (κ2) is 10.7. The van der Waals surface area contributed by atoms with Crippen LogP contribution in [0.4, 0.5) is 15.3 Å². The zero-order chi connectivity index (χ0) is 25.9. The van der Waals surface area contributed by atoms with Crippen LogP contribution in [0.3, 0.4) is 0 Å². The minimum Gasteiger partial charge on any atom is -0.444 e. The number of para-hydroxylation sites is 1. The first-order chi connectivity index (χ1) is 17.0. The van der Waals surface area contributed by atoms with Gasteiger partial charge in [-0.25, -0.2) is 9.59 Å². The minimum absolute atomic E-state index is 0.0423. The number of nitrogens with zero attached hydrogens (tertiary/aromatic N) is 1. The number of benzene rings is 1. The molecule has 0 heterocycles. The average molecular weight is 499 g/mol. The Morgan fingerprint density at radius 3 is 2.22 bits per heavy atom. The summed E-state index contributed by atoms with van der Waals surface area (Å²) in [4.78, 5) is 39.4. The molecule has 0 saturated heterocycles. The van der Waals surface area contributed by atoms with Crippen LogP contribution in [-0.4, -0.2) is 47.2 Å². The van der Waals surface area contributed by atoms with Crippen LogP contribution in [0.15, 0.2) is 24.3 Å². The van der Waals surface area contributed by atoms with Gasteiger partial charge in [0.1, 0.15) is 5.60 Å². The van der Waals surface area contributed by atoms with Crippen molar-refractivity contribution in [2.24, 2.45) is 17.8 Å². The van der Waals surface area contributed by atoms with E-state index in [1.54, 1.807) is 4.90 Å². The summed E-state index contributed by atoms with van der Waals surface area (Å²) in [5.74, 6) is 2.11. The Kier molecular flexibility index (Phi) is 7.81. The van der Waals surface area contributed by atoms with Crippen molar-refractivity contribution in [3.8, 4) is 0 Å². The Labute approximate surface area is 214 Å². The molecule has 0 atom stereocenters. The molecule has 1 aromatic carbocycles. The van der Waals surface area contributed by atoms with Crippen molar-refractivity contribution in [3.63, 3.8) is 0 Å². The number of hydrogen-bond acceptors (Lipinski definition) is 4. The lowest BCUT2D eigenvalue weighted by molar-refractivity contribution is -0.116. The van der Waals surface area contributed by atoms with E-state index in [1.807, 2.05) is 52.0 Å². The van der Waals surface area contributed by atoms with E-state index in [9.17, 15) is 14.4 Å². The van der Waals surface area contributed by atoms with Crippen LogP contribution in [-0.2, 0) is 16.1 Å². The predicted octanol–water partition coefficient (Wildman–Crippen LogP) is 5.04. The summed E-state index contributed by atoms with van der Waals surface area (Å²) < 4.78 is 5.50. The number of hydrogen-bond donors (Lipinski definition) is 3. The van der Waals surface area contributed by atoms with Gasteiger partial charge in [0.05, 0.1) is 6.54 Å². The van der Waals surface area contributed by atoms with Crippen LogP contribution >= 0.6 is 0 Å². The Morgan fingerprint density at radius 2 is 1.64 bits per heavy atom. The standard InChI is InChI=1S/C28H42N4O4/c1-5-32(26(35)36-27(2,3)4)18-22-8-6-7-9-23(22)30-24(33)10-11-29-25(34)31-28-15-19-12-20(16-28)14-21(13-19)17-28/h6-9,19-21H,5,10-18H2,1-4H3,(H,30,33)(H2,29,31,34). The number of nitrogens with one attached hydrogen (secondary N) is 3. The number of carbonyl (C=O) groups is 3. The van der Waals surface area contributed by atoms with Crippen LogP contribution < -0.4 is 16.0 Å². The fourth-order valence-electron chi connectivity index (χ4n) is 6.67. The molecule has 4 saturated carbocycles. The monoisotopic (exact) mass is 498 g/mol. The lowest BCUT2D eigenvalue weighted by Crippen LogP contribution is -2.61. The van der Waals surface area contributed by atoms with Gasteiger partial charge >= 0.3 is 12.1 Å². The molecular weight excluding hydrogens is 456 g/mol. The van der Waals surface area contributed by atoms with Gasteiger partial charge in [-0.3, -0.25) is 4.79 Å². The SMILES string of the molecule is CCN(Cc1ccccc1NC(=O)CCNC(=O)NC12CC3CC(CC(C3)C1)C2)C(=O)OC(C)(C)C. The van der Waals surface area contributed by atoms with Crippen LogP contribution in [0.25, 0.3) is 0 Å². The molecule has 1 aromatic rings. The van der Waals surface area contributed by atoms with Crippen LogP contribution in [0.1, 0.15) is 78.2 Å². The minimum atomic E-state index is -0.576. The van der Waals surface area contributed by atoms with E-state index in [0.29, 0.717) is 18.8 Å². The quantitative estimate of drug-likeness (QED) is 0.467. The first-order valence-electron chi connectivity index (χ1n) is 13.5. The molecule has 8 heteroatoms. The smallest absolute Gasteiger partial charge is 0.410 e. The maximum Gasteiger partial charge on any atom is 0.410 e. The molecule has 0 unspecified atom stereocenters. The molecule has 3 N–H and O–H groups in total. The van der Waals surface area contributed by atoms with E-state index in [-0.39, 0.29) is 36.5 Å². The van der Waals surface area contributed by atoms with Gasteiger partial charge in [0.25, 0.3) is 0 Å². The first-order valence-corrected chi connectivity index (χ1v) is 13.5. The zero-order valence-corrected chi connectivity index (χ0v) is 22.2. The van der Waals surface area contributed by atoms with Gasteiger partial charge in [0.15, 0.2) is 0 Å². The summed E-state index contributed by atoms with van der Waals surface area (Å²) >= 11 is 0. The molecule has 4 bridgehead atoms. The van der Waals surface area contributed by atoms with E-state index in [1.165, 1.54) is 19.3 Å². The number of carbonyl (C=O) groups excluding carboxylic acids is 3. The van der Waals surface area contributed by atoms with Crippen molar-refractivity contribution in [1.82, 2.24) is 15.5 Å². The van der Waals surface area contributed by atoms with Gasteiger partial charge in [-0.15, -0.1) is 0 Å². The molecule has 4 fully saturated rings. The third kappa shape index (κ3) is 6.71. The van der Waals surface area contributed by atoms with Gasteiger partial charge in [0.2, 0.25) is 5.91 Å². The van der Waals surface area contributed by atoms with Gasteiger partial charge < -0.3 is 25.6 Å².